The van der Waals surface area contributed by atoms with Crippen LogP contribution in [0.2, 0.25) is 0 Å². The highest BCUT2D eigenvalue weighted by Crippen LogP contribution is 2.39. The number of carboxylic acids is 1. The molecule has 1 aliphatic rings. The Morgan fingerprint density at radius 1 is 0.955 bits per heavy atom. The summed E-state index contributed by atoms with van der Waals surface area (Å²) < 4.78 is 5.99. The molecule has 0 aromatic heterocycles. The fraction of sp³-hybridized carbons (Fsp3) is 0.353. The normalized spacial score (nSPS) is 15.3. The molecule has 0 radical (unpaired) electrons. The molecule has 10 heteroatoms. The topological polar surface area (TPSA) is 128 Å². The van der Waals surface area contributed by atoms with Gasteiger partial charge in [0.05, 0.1) is 7.05 Å². The number of urea groups is 1. The summed E-state index contributed by atoms with van der Waals surface area (Å²) >= 11 is 0. The molecule has 4 amide bonds. The van der Waals surface area contributed by atoms with Crippen LogP contribution in [-0.2, 0) is 14.4 Å². The number of carbonyl (C=O) groups is 4. The minimum Gasteiger partial charge on any atom is -0.550 e. The van der Waals surface area contributed by atoms with Crippen LogP contribution in [0.15, 0.2) is 78.9 Å². The second kappa shape index (κ2) is 14.7. The highest BCUT2D eigenvalue weighted by molar-refractivity contribution is 5.97. The van der Waals surface area contributed by atoms with Gasteiger partial charge in [0.15, 0.2) is 18.0 Å². The van der Waals surface area contributed by atoms with E-state index in [1.807, 2.05) is 49.5 Å². The molecule has 1 aliphatic carbocycles. The number of likely N-dealkylation sites (N-methyl/N-ethyl adjacent to an activating group) is 2. The molecule has 0 aliphatic heterocycles. The Kier molecular flexibility index (Phi) is 10.7. The van der Waals surface area contributed by atoms with Gasteiger partial charge in [0.1, 0.15) is 12.6 Å². The van der Waals surface area contributed by atoms with Crippen LogP contribution in [0, 0.1) is 0 Å². The number of nitrogens with one attached hydrogen (secondary N) is 2. The Labute approximate surface area is 258 Å². The van der Waals surface area contributed by atoms with Crippen molar-refractivity contribution >= 4 is 40.9 Å². The van der Waals surface area contributed by atoms with E-state index in [0.717, 1.165) is 37.8 Å². The number of aliphatic carboxylic acids is 1. The van der Waals surface area contributed by atoms with Crippen LogP contribution in [-0.4, -0.2) is 57.1 Å². The van der Waals surface area contributed by atoms with Crippen molar-refractivity contribution < 1.29 is 29.0 Å². The zero-order valence-corrected chi connectivity index (χ0v) is 25.5. The Morgan fingerprint density at radius 2 is 1.64 bits per heavy atom. The molecule has 0 bridgehead atoms. The molecule has 3 aromatic carbocycles. The summed E-state index contributed by atoms with van der Waals surface area (Å²) in [6.45, 7) is 1.05. The summed E-state index contributed by atoms with van der Waals surface area (Å²) in [4.78, 5) is 52.6. The number of hydrogen-bond donors (Lipinski definition) is 2. The maximum atomic E-state index is 14.1. The van der Waals surface area contributed by atoms with E-state index in [2.05, 4.69) is 10.6 Å². The van der Waals surface area contributed by atoms with Gasteiger partial charge in [-0.15, -0.1) is 0 Å². The largest absolute Gasteiger partial charge is 0.550 e. The molecule has 44 heavy (non-hydrogen) atoms. The van der Waals surface area contributed by atoms with Crippen molar-refractivity contribution in [2.45, 2.75) is 51.0 Å². The van der Waals surface area contributed by atoms with E-state index in [4.69, 9.17) is 4.74 Å². The van der Waals surface area contributed by atoms with Crippen molar-refractivity contribution in [3.63, 3.8) is 0 Å². The van der Waals surface area contributed by atoms with Crippen LogP contribution in [0.5, 0.6) is 5.75 Å². The minimum atomic E-state index is -1.21. The highest BCUT2D eigenvalue weighted by atomic mass is 16.5. The average molecular weight is 601 g/mol. The lowest BCUT2D eigenvalue weighted by atomic mass is 9.91. The second-order valence-electron chi connectivity index (χ2n) is 11.3. The number of hydrogen-bond acceptors (Lipinski definition) is 6. The van der Waals surface area contributed by atoms with Gasteiger partial charge in [-0.05, 0) is 48.7 Å². The standard InChI is InChI=1S/C34H40N4O6/c1-24(33(41)42)25-13-12-14-26(21-25)36-34(43)35-22-32(40)38(3,28-17-8-5-9-18-28)29-19-10-11-20-30(29)44-23-31(39)37(2)27-15-6-4-7-16-27/h4,6-7,10-16,19-21,24,28H,5,8-9,17-18,22-23H2,1-3H3,(H2-,35,36,41,42,43). The third kappa shape index (κ3) is 7.62. The van der Waals surface area contributed by atoms with Gasteiger partial charge in [0, 0.05) is 49.2 Å². The summed E-state index contributed by atoms with van der Waals surface area (Å²) in [5, 5.41) is 16.6. The zero-order chi connectivity index (χ0) is 31.7. The van der Waals surface area contributed by atoms with Gasteiger partial charge in [-0.1, -0.05) is 55.8 Å². The van der Waals surface area contributed by atoms with E-state index < -0.39 is 17.9 Å². The number of quaternary nitrogens is 1. The molecule has 0 saturated heterocycles. The zero-order valence-electron chi connectivity index (χ0n) is 25.5. The highest BCUT2D eigenvalue weighted by Gasteiger charge is 2.44. The monoisotopic (exact) mass is 600 g/mol. The lowest BCUT2D eigenvalue weighted by Crippen LogP contribution is -2.61. The quantitative estimate of drug-likeness (QED) is 0.318. The Hall–Kier alpha value is -4.70. The summed E-state index contributed by atoms with van der Waals surface area (Å²) in [7, 11) is 3.54. The van der Waals surface area contributed by atoms with E-state index >= 15 is 0 Å². The molecule has 2 atom stereocenters. The molecule has 232 valence electrons. The van der Waals surface area contributed by atoms with E-state index in [1.54, 1.807) is 43.4 Å². The first kappa shape index (κ1) is 32.2. The number of carboxylic acid groups (broad SMARTS) is 1. The van der Waals surface area contributed by atoms with E-state index in [1.165, 1.54) is 11.8 Å². The fourth-order valence-electron chi connectivity index (χ4n) is 5.64. The molecule has 0 spiro atoms. The Morgan fingerprint density at radius 3 is 2.34 bits per heavy atom. The molecule has 0 heterocycles. The van der Waals surface area contributed by atoms with Crippen LogP contribution in [0.3, 0.4) is 0 Å². The first-order valence-electron chi connectivity index (χ1n) is 14.9. The van der Waals surface area contributed by atoms with Gasteiger partial charge in [-0.25, -0.2) is 14.1 Å². The number of anilines is 2. The summed E-state index contributed by atoms with van der Waals surface area (Å²) in [5.41, 5.74) is 2.27. The molecule has 4 rings (SSSR count). The van der Waals surface area contributed by atoms with E-state index in [9.17, 15) is 24.3 Å². The van der Waals surface area contributed by atoms with Crippen LogP contribution >= 0.6 is 0 Å². The molecule has 1 saturated carbocycles. The third-order valence-corrected chi connectivity index (χ3v) is 8.46. The first-order valence-corrected chi connectivity index (χ1v) is 14.9. The molecule has 2 unspecified atom stereocenters. The van der Waals surface area contributed by atoms with Gasteiger partial charge in [0.2, 0.25) is 0 Å². The Balaban J connectivity index is 1.50. The van der Waals surface area contributed by atoms with Crippen LogP contribution in [0.4, 0.5) is 21.9 Å². The van der Waals surface area contributed by atoms with Crippen molar-refractivity contribution in [2.75, 3.05) is 37.5 Å². The number of benzene rings is 3. The first-order chi connectivity index (χ1) is 21.1. The second-order valence-corrected chi connectivity index (χ2v) is 11.3. The van der Waals surface area contributed by atoms with Crippen molar-refractivity contribution in [2.24, 2.45) is 0 Å². The smallest absolute Gasteiger partial charge is 0.338 e. The number of rotatable bonds is 11. The number of nitrogens with zero attached hydrogens (tertiary/aromatic N) is 2. The summed E-state index contributed by atoms with van der Waals surface area (Å²) in [6, 6.07) is 22.4. The van der Waals surface area contributed by atoms with Gasteiger partial charge >= 0.3 is 11.9 Å². The van der Waals surface area contributed by atoms with Crippen molar-refractivity contribution in [3.05, 3.63) is 84.4 Å². The van der Waals surface area contributed by atoms with Crippen molar-refractivity contribution in [3.8, 4) is 5.75 Å². The predicted molar refractivity (Wildman–Crippen MR) is 168 cm³/mol. The third-order valence-electron chi connectivity index (χ3n) is 8.46. The molecular weight excluding hydrogens is 560 g/mol. The van der Waals surface area contributed by atoms with Crippen molar-refractivity contribution in [1.82, 2.24) is 9.80 Å². The van der Waals surface area contributed by atoms with Crippen LogP contribution in [0.1, 0.15) is 50.5 Å². The van der Waals surface area contributed by atoms with Crippen LogP contribution in [0.25, 0.3) is 0 Å². The van der Waals surface area contributed by atoms with E-state index in [0.29, 0.717) is 22.7 Å². The maximum Gasteiger partial charge on any atom is 0.338 e. The minimum absolute atomic E-state index is 0.0312. The summed E-state index contributed by atoms with van der Waals surface area (Å²) in [6.07, 6.45) is 4.75. The molecule has 3 aromatic rings. The summed E-state index contributed by atoms with van der Waals surface area (Å²) in [5.74, 6) is -2.08. The van der Waals surface area contributed by atoms with Crippen molar-refractivity contribution in [1.29, 1.82) is 0 Å². The lowest BCUT2D eigenvalue weighted by Gasteiger charge is -2.41. The van der Waals surface area contributed by atoms with Gasteiger partial charge in [-0.3, -0.25) is 4.79 Å². The lowest BCUT2D eigenvalue weighted by molar-refractivity contribution is -0.307. The average Bonchev–Trinajstić information content (AvgIpc) is 3.06. The number of ether oxygens (including phenoxy) is 1. The molecule has 2 N–H and O–H groups in total. The predicted octanol–water partition coefficient (Wildman–Crippen LogP) is 4.20. The van der Waals surface area contributed by atoms with Gasteiger partial charge < -0.3 is 30.2 Å². The molecule has 10 nitrogen and oxygen atoms in total. The number of carbonyl (C=O) groups excluding carboxylic acids is 4. The maximum absolute atomic E-state index is 14.1. The SMILES string of the molecule is CC(C(=O)[O-])c1cccc(NC(=O)NCC(=O)[N+](C)(c2ccccc2OCC(=O)N(C)c2ccccc2)C2CCCCC2)c1. The number of amides is 4. The number of para-hydroxylation sites is 3. The Bertz CT molecular complexity index is 1470. The molecular formula is C34H40N4O6. The van der Waals surface area contributed by atoms with Gasteiger partial charge in [-0.2, -0.15) is 0 Å². The fourth-order valence-corrected chi connectivity index (χ4v) is 5.64. The van der Waals surface area contributed by atoms with Gasteiger partial charge in [0.25, 0.3) is 5.91 Å². The van der Waals surface area contributed by atoms with Crippen LogP contribution < -0.4 is 29.9 Å². The molecule has 1 fully saturated rings. The van der Waals surface area contributed by atoms with E-state index in [-0.39, 0.29) is 35.5 Å².